The van der Waals surface area contributed by atoms with E-state index in [1.165, 1.54) is 17.6 Å². The van der Waals surface area contributed by atoms with Crippen LogP contribution in [-0.4, -0.2) is 9.49 Å². The Kier molecular flexibility index (Phi) is 4.11. The topological polar surface area (TPSA) is 65.1 Å². The summed E-state index contributed by atoms with van der Waals surface area (Å²) in [6.45, 7) is 1.61. The lowest BCUT2D eigenvalue weighted by molar-refractivity contribution is -0.386. The third kappa shape index (κ3) is 2.69. The molecule has 2 rings (SSSR count). The van der Waals surface area contributed by atoms with E-state index >= 15 is 0 Å². The Hall–Kier alpha value is -1.85. The Balaban J connectivity index is 2.57. The number of halogens is 2. The van der Waals surface area contributed by atoms with Crippen molar-refractivity contribution in [3.63, 3.8) is 0 Å². The average molecular weight is 313 g/mol. The summed E-state index contributed by atoms with van der Waals surface area (Å²) < 4.78 is 1.28. The molecular formula is C13H10Cl2N2O3. The molecule has 0 radical (unpaired) electrons. The van der Waals surface area contributed by atoms with Crippen LogP contribution in [0.1, 0.15) is 11.3 Å². The Labute approximate surface area is 124 Å². The van der Waals surface area contributed by atoms with Crippen LogP contribution in [0, 0.1) is 17.0 Å². The van der Waals surface area contributed by atoms with E-state index < -0.39 is 4.92 Å². The summed E-state index contributed by atoms with van der Waals surface area (Å²) in [4.78, 5) is 22.3. The van der Waals surface area contributed by atoms with Crippen molar-refractivity contribution in [2.75, 3.05) is 0 Å². The van der Waals surface area contributed by atoms with Gasteiger partial charge in [0, 0.05) is 27.7 Å². The van der Waals surface area contributed by atoms with Crippen LogP contribution < -0.4 is 5.56 Å². The second kappa shape index (κ2) is 5.64. The van der Waals surface area contributed by atoms with Gasteiger partial charge in [-0.15, -0.1) is 0 Å². The van der Waals surface area contributed by atoms with Crippen LogP contribution in [-0.2, 0) is 6.54 Å². The highest BCUT2D eigenvalue weighted by atomic mass is 35.5. The predicted molar refractivity (Wildman–Crippen MR) is 77.7 cm³/mol. The molecule has 0 saturated carbocycles. The molecule has 0 amide bonds. The van der Waals surface area contributed by atoms with E-state index in [1.54, 1.807) is 18.2 Å². The van der Waals surface area contributed by atoms with Gasteiger partial charge in [-0.2, -0.15) is 0 Å². The highest BCUT2D eigenvalue weighted by Gasteiger charge is 2.16. The van der Waals surface area contributed by atoms with Crippen LogP contribution in [0.2, 0.25) is 10.0 Å². The third-order valence-corrected chi connectivity index (χ3v) is 3.71. The minimum Gasteiger partial charge on any atom is -0.302 e. The highest BCUT2D eigenvalue weighted by Crippen LogP contribution is 2.26. The van der Waals surface area contributed by atoms with Crippen LogP contribution in [0.5, 0.6) is 0 Å². The molecule has 0 unspecified atom stereocenters. The van der Waals surface area contributed by atoms with Gasteiger partial charge in [0.05, 0.1) is 17.2 Å². The summed E-state index contributed by atoms with van der Waals surface area (Å²) in [5.41, 5.74) is 0.358. The number of hydrogen-bond donors (Lipinski definition) is 0. The van der Waals surface area contributed by atoms with Gasteiger partial charge in [0.2, 0.25) is 0 Å². The number of pyridine rings is 1. The summed E-state index contributed by atoms with van der Waals surface area (Å²) in [6, 6.07) is 7.36. The molecule has 0 aliphatic carbocycles. The van der Waals surface area contributed by atoms with Crippen molar-refractivity contribution in [2.24, 2.45) is 0 Å². The van der Waals surface area contributed by atoms with Gasteiger partial charge in [-0.25, -0.2) is 0 Å². The first kappa shape index (κ1) is 14.6. The number of nitro groups is 1. The van der Waals surface area contributed by atoms with Crippen LogP contribution >= 0.6 is 23.2 Å². The van der Waals surface area contributed by atoms with Crippen LogP contribution in [0.3, 0.4) is 0 Å². The molecule has 0 fully saturated rings. The first-order valence-electron chi connectivity index (χ1n) is 5.69. The molecule has 104 valence electrons. The number of benzene rings is 1. The number of nitrogens with zero attached hydrogens (tertiary/aromatic N) is 2. The molecule has 2 aromatic rings. The summed E-state index contributed by atoms with van der Waals surface area (Å²) >= 11 is 12.1. The molecule has 0 aliphatic heterocycles. The molecule has 0 N–H and O–H groups in total. The molecule has 1 heterocycles. The lowest BCUT2D eigenvalue weighted by Crippen LogP contribution is -2.23. The van der Waals surface area contributed by atoms with Gasteiger partial charge >= 0.3 is 0 Å². The van der Waals surface area contributed by atoms with Crippen molar-refractivity contribution in [1.82, 2.24) is 4.57 Å². The Morgan fingerprint density at radius 3 is 2.35 bits per heavy atom. The number of rotatable bonds is 3. The maximum atomic E-state index is 11.9. The van der Waals surface area contributed by atoms with Crippen molar-refractivity contribution < 1.29 is 4.92 Å². The maximum Gasteiger partial charge on any atom is 0.288 e. The Bertz CT molecular complexity index is 721. The smallest absolute Gasteiger partial charge is 0.288 e. The fourth-order valence-corrected chi connectivity index (χ4v) is 2.41. The molecule has 20 heavy (non-hydrogen) atoms. The molecule has 0 saturated heterocycles. The molecule has 0 atom stereocenters. The molecule has 0 aliphatic rings. The summed E-state index contributed by atoms with van der Waals surface area (Å²) in [5.74, 6) is 0. The van der Waals surface area contributed by atoms with E-state index in [1.807, 2.05) is 0 Å². The summed E-state index contributed by atoms with van der Waals surface area (Å²) in [6.07, 6.45) is 0. The van der Waals surface area contributed by atoms with Gasteiger partial charge in [-0.3, -0.25) is 14.9 Å². The lowest BCUT2D eigenvalue weighted by atomic mass is 10.2. The van der Waals surface area contributed by atoms with Crippen molar-refractivity contribution in [2.45, 2.75) is 13.5 Å². The molecule has 1 aromatic heterocycles. The van der Waals surface area contributed by atoms with Gasteiger partial charge in [0.15, 0.2) is 0 Å². The molecule has 5 nitrogen and oxygen atoms in total. The molecular weight excluding hydrogens is 303 g/mol. The predicted octanol–water partition coefficient (Wildman–Crippen LogP) is 3.42. The summed E-state index contributed by atoms with van der Waals surface area (Å²) in [7, 11) is 0. The Morgan fingerprint density at radius 1 is 1.20 bits per heavy atom. The highest BCUT2D eigenvalue weighted by molar-refractivity contribution is 6.35. The Morgan fingerprint density at radius 2 is 1.80 bits per heavy atom. The first-order valence-corrected chi connectivity index (χ1v) is 6.45. The van der Waals surface area contributed by atoms with E-state index in [2.05, 4.69) is 0 Å². The van der Waals surface area contributed by atoms with E-state index in [-0.39, 0.29) is 23.5 Å². The van der Waals surface area contributed by atoms with E-state index in [0.29, 0.717) is 15.6 Å². The zero-order valence-corrected chi connectivity index (χ0v) is 12.0. The van der Waals surface area contributed by atoms with Crippen LogP contribution in [0.25, 0.3) is 0 Å². The quantitative estimate of drug-likeness (QED) is 0.644. The first-order chi connectivity index (χ1) is 9.41. The maximum absolute atomic E-state index is 11.9. The SMILES string of the molecule is Cc1c([N+](=O)[O-])ccc(=O)n1Cc1c(Cl)cccc1Cl. The van der Waals surface area contributed by atoms with E-state index in [4.69, 9.17) is 23.2 Å². The van der Waals surface area contributed by atoms with E-state index in [0.717, 1.165) is 6.07 Å². The normalized spacial score (nSPS) is 10.6. The van der Waals surface area contributed by atoms with Crippen molar-refractivity contribution in [1.29, 1.82) is 0 Å². The van der Waals surface area contributed by atoms with Gasteiger partial charge in [0.1, 0.15) is 0 Å². The van der Waals surface area contributed by atoms with Gasteiger partial charge in [0.25, 0.3) is 11.2 Å². The molecule has 1 aromatic carbocycles. The largest absolute Gasteiger partial charge is 0.302 e. The molecule has 0 bridgehead atoms. The minimum absolute atomic E-state index is 0.0881. The van der Waals surface area contributed by atoms with E-state index in [9.17, 15) is 14.9 Å². The zero-order chi connectivity index (χ0) is 14.9. The van der Waals surface area contributed by atoms with Gasteiger partial charge in [-0.05, 0) is 19.1 Å². The van der Waals surface area contributed by atoms with Crippen molar-refractivity contribution >= 4 is 28.9 Å². The fraction of sp³-hybridized carbons (Fsp3) is 0.154. The van der Waals surface area contributed by atoms with Gasteiger partial charge < -0.3 is 4.57 Å². The second-order valence-electron chi connectivity index (χ2n) is 4.19. The standard InChI is InChI=1S/C13H10Cl2N2O3/c1-8-12(17(19)20)5-6-13(18)16(8)7-9-10(14)3-2-4-11(9)15/h2-6H,7H2,1H3. The van der Waals surface area contributed by atoms with Crippen molar-refractivity contribution in [3.05, 3.63) is 72.1 Å². The summed E-state index contributed by atoms with van der Waals surface area (Å²) in [5, 5.41) is 11.7. The minimum atomic E-state index is -0.528. The number of hydrogen-bond acceptors (Lipinski definition) is 3. The van der Waals surface area contributed by atoms with Crippen molar-refractivity contribution in [3.8, 4) is 0 Å². The fourth-order valence-electron chi connectivity index (χ4n) is 1.90. The van der Waals surface area contributed by atoms with Crippen LogP contribution in [0.4, 0.5) is 5.69 Å². The molecule has 7 heteroatoms. The number of aromatic nitrogens is 1. The second-order valence-corrected chi connectivity index (χ2v) is 5.00. The lowest BCUT2D eigenvalue weighted by Gasteiger charge is -2.12. The zero-order valence-electron chi connectivity index (χ0n) is 10.5. The van der Waals surface area contributed by atoms with Crippen LogP contribution in [0.15, 0.2) is 35.1 Å². The monoisotopic (exact) mass is 312 g/mol. The third-order valence-electron chi connectivity index (χ3n) is 3.00. The molecule has 0 spiro atoms. The van der Waals surface area contributed by atoms with Gasteiger partial charge in [-0.1, -0.05) is 29.3 Å². The average Bonchev–Trinajstić information content (AvgIpc) is 2.36.